The van der Waals surface area contributed by atoms with Gasteiger partial charge in [0.15, 0.2) is 0 Å². The molecule has 14 heavy (non-hydrogen) atoms. The van der Waals surface area contributed by atoms with E-state index in [1.165, 1.54) is 0 Å². The van der Waals surface area contributed by atoms with Gasteiger partial charge in [0.2, 0.25) is 0 Å². The number of hydrogen-bond acceptors (Lipinski definition) is 4. The van der Waals surface area contributed by atoms with Crippen LogP contribution in [0.4, 0.5) is 4.79 Å². The highest BCUT2D eigenvalue weighted by molar-refractivity contribution is 5.60. The molecular formula is C9H18N2O3. The number of rotatable bonds is 3. The first-order chi connectivity index (χ1) is 6.61. The van der Waals surface area contributed by atoms with Crippen LogP contribution in [0.3, 0.4) is 0 Å². The first kappa shape index (κ1) is 11.4. The van der Waals surface area contributed by atoms with Gasteiger partial charge in [-0.2, -0.15) is 4.79 Å². The highest BCUT2D eigenvalue weighted by atomic mass is 16.7. The lowest BCUT2D eigenvalue weighted by atomic mass is 10.3. The Morgan fingerprint density at radius 3 is 2.93 bits per heavy atom. The van der Waals surface area contributed by atoms with Crippen LogP contribution in [-0.2, 0) is 4.74 Å². The fourth-order valence-corrected chi connectivity index (χ4v) is 1.40. The zero-order valence-electron chi connectivity index (χ0n) is 8.78. The second kappa shape index (κ2) is 4.72. The highest BCUT2D eigenvalue weighted by Crippen LogP contribution is 2.17. The molecule has 2 atom stereocenters. The fraction of sp³-hybridized carbons (Fsp3) is 0.889. The highest BCUT2D eigenvalue weighted by Gasteiger charge is 2.39. The summed E-state index contributed by atoms with van der Waals surface area (Å²) in [5, 5.41) is 14.8. The van der Waals surface area contributed by atoms with Gasteiger partial charge in [0.25, 0.3) is 0 Å². The van der Waals surface area contributed by atoms with Gasteiger partial charge in [0.1, 0.15) is 12.7 Å². The molecule has 1 heterocycles. The standard InChI is InChI=1S/C9H18N2O3/c1-3-4-5-14-9(12)11(13)7-10-6-8(11)2/h8,10H,3-7H2,1-2H3. The lowest BCUT2D eigenvalue weighted by Crippen LogP contribution is -2.51. The Bertz CT molecular complexity index is 210. The first-order valence-corrected chi connectivity index (χ1v) is 5.08. The summed E-state index contributed by atoms with van der Waals surface area (Å²) in [6, 6.07) is -0.246. The van der Waals surface area contributed by atoms with Crippen molar-refractivity contribution in [3.8, 4) is 0 Å². The van der Waals surface area contributed by atoms with Gasteiger partial charge in [-0.05, 0) is 13.3 Å². The van der Waals surface area contributed by atoms with Gasteiger partial charge in [-0.1, -0.05) is 13.3 Å². The van der Waals surface area contributed by atoms with Gasteiger partial charge < -0.3 is 9.94 Å². The van der Waals surface area contributed by atoms with E-state index in [-0.39, 0.29) is 12.7 Å². The van der Waals surface area contributed by atoms with Crippen LogP contribution in [0.5, 0.6) is 0 Å². The minimum Gasteiger partial charge on any atom is -0.621 e. The molecular weight excluding hydrogens is 184 g/mol. The molecule has 0 radical (unpaired) electrons. The maximum Gasteiger partial charge on any atom is 0.517 e. The lowest BCUT2D eigenvalue weighted by Gasteiger charge is -2.36. The van der Waals surface area contributed by atoms with Gasteiger partial charge in [-0.15, -0.1) is 0 Å². The molecule has 1 saturated heterocycles. The zero-order valence-corrected chi connectivity index (χ0v) is 8.78. The molecule has 5 heteroatoms. The summed E-state index contributed by atoms with van der Waals surface area (Å²) >= 11 is 0. The van der Waals surface area contributed by atoms with Crippen LogP contribution in [0.1, 0.15) is 26.7 Å². The van der Waals surface area contributed by atoms with Crippen LogP contribution < -0.4 is 5.32 Å². The molecule has 1 aliphatic heterocycles. The average molecular weight is 202 g/mol. The van der Waals surface area contributed by atoms with Crippen LogP contribution in [0.2, 0.25) is 0 Å². The number of hydrogen-bond donors (Lipinski definition) is 1. The van der Waals surface area contributed by atoms with Crippen molar-refractivity contribution < 1.29 is 14.2 Å². The van der Waals surface area contributed by atoms with E-state index >= 15 is 0 Å². The van der Waals surface area contributed by atoms with Crippen molar-refractivity contribution in [2.75, 3.05) is 19.8 Å². The minimum absolute atomic E-state index is 0.131. The Balaban J connectivity index is 2.42. The number of nitrogens with one attached hydrogen (secondary N) is 1. The van der Waals surface area contributed by atoms with Crippen molar-refractivity contribution in [1.82, 2.24) is 5.32 Å². The maximum absolute atomic E-state index is 11.9. The molecule has 0 aliphatic carbocycles. The summed E-state index contributed by atoms with van der Waals surface area (Å²) in [5.41, 5.74) is 0. The third-order valence-corrected chi connectivity index (χ3v) is 2.53. The summed E-state index contributed by atoms with van der Waals surface area (Å²) in [5.74, 6) is 0. The van der Waals surface area contributed by atoms with Crippen LogP contribution in [0.25, 0.3) is 0 Å². The van der Waals surface area contributed by atoms with Gasteiger partial charge in [0, 0.05) is 0 Å². The SMILES string of the molecule is CCCCOC(=O)[N+]1([O-])CNCC1C. The molecule has 82 valence electrons. The van der Waals surface area contributed by atoms with E-state index in [9.17, 15) is 10.0 Å². The Labute approximate surface area is 84.2 Å². The van der Waals surface area contributed by atoms with Gasteiger partial charge in [-0.25, -0.2) is 4.65 Å². The second-order valence-corrected chi connectivity index (χ2v) is 3.72. The molecule has 1 aliphatic rings. The molecule has 0 aromatic heterocycles. The van der Waals surface area contributed by atoms with E-state index in [4.69, 9.17) is 4.74 Å². The molecule has 0 spiro atoms. The van der Waals surface area contributed by atoms with E-state index in [0.717, 1.165) is 12.8 Å². The number of amides is 1. The third kappa shape index (κ3) is 2.23. The number of ether oxygens (including phenoxy) is 1. The van der Waals surface area contributed by atoms with Crippen LogP contribution in [0.15, 0.2) is 0 Å². The van der Waals surface area contributed by atoms with E-state index in [1.807, 2.05) is 6.92 Å². The van der Waals surface area contributed by atoms with Crippen molar-refractivity contribution in [2.45, 2.75) is 32.7 Å². The van der Waals surface area contributed by atoms with Crippen molar-refractivity contribution in [1.29, 1.82) is 0 Å². The van der Waals surface area contributed by atoms with E-state index < -0.39 is 10.7 Å². The predicted molar refractivity (Wildman–Crippen MR) is 52.2 cm³/mol. The van der Waals surface area contributed by atoms with Crippen molar-refractivity contribution in [2.24, 2.45) is 0 Å². The molecule has 0 saturated carbocycles. The van der Waals surface area contributed by atoms with Crippen LogP contribution >= 0.6 is 0 Å². The Morgan fingerprint density at radius 1 is 1.71 bits per heavy atom. The van der Waals surface area contributed by atoms with E-state index in [1.54, 1.807) is 6.92 Å². The van der Waals surface area contributed by atoms with E-state index in [2.05, 4.69) is 5.32 Å². The van der Waals surface area contributed by atoms with Gasteiger partial charge >= 0.3 is 6.09 Å². The Kier molecular flexibility index (Phi) is 3.86. The van der Waals surface area contributed by atoms with Crippen LogP contribution in [-0.4, -0.2) is 36.6 Å². The number of quaternary nitrogens is 1. The summed E-state index contributed by atoms with van der Waals surface area (Å²) in [6.07, 6.45) is 1.11. The molecule has 5 nitrogen and oxygen atoms in total. The monoisotopic (exact) mass is 202 g/mol. The molecule has 2 unspecified atom stereocenters. The topological polar surface area (TPSA) is 61.4 Å². The van der Waals surface area contributed by atoms with Crippen molar-refractivity contribution in [3.63, 3.8) is 0 Å². The average Bonchev–Trinajstić information content (AvgIpc) is 2.49. The predicted octanol–water partition coefficient (Wildman–Crippen LogP) is 1.19. The molecule has 1 rings (SSSR count). The van der Waals surface area contributed by atoms with Crippen molar-refractivity contribution >= 4 is 6.09 Å². The molecule has 1 N–H and O–H groups in total. The number of carbonyl (C=O) groups excluding carboxylic acids is 1. The largest absolute Gasteiger partial charge is 0.621 e. The fourth-order valence-electron chi connectivity index (χ4n) is 1.40. The smallest absolute Gasteiger partial charge is 0.517 e. The number of hydroxylamine groups is 3. The normalized spacial score (nSPS) is 31.8. The Morgan fingerprint density at radius 2 is 2.43 bits per heavy atom. The number of nitrogens with zero attached hydrogens (tertiary/aromatic N) is 1. The lowest BCUT2D eigenvalue weighted by molar-refractivity contribution is -0.818. The summed E-state index contributed by atoms with van der Waals surface area (Å²) in [6.45, 7) is 4.83. The second-order valence-electron chi connectivity index (χ2n) is 3.72. The Hall–Kier alpha value is -0.650. The molecule has 1 fully saturated rings. The number of unbranched alkanes of at least 4 members (excludes halogenated alkanes) is 1. The molecule has 0 aromatic rings. The van der Waals surface area contributed by atoms with E-state index in [0.29, 0.717) is 13.2 Å². The summed E-state index contributed by atoms with van der Waals surface area (Å²) < 4.78 is 4.04. The van der Waals surface area contributed by atoms with Gasteiger partial charge in [0.05, 0.1) is 13.2 Å². The third-order valence-electron chi connectivity index (χ3n) is 2.53. The minimum atomic E-state index is -0.885. The first-order valence-electron chi connectivity index (χ1n) is 5.08. The summed E-state index contributed by atoms with van der Waals surface area (Å²) in [4.78, 5) is 11.4. The van der Waals surface area contributed by atoms with Gasteiger partial charge in [-0.3, -0.25) is 5.32 Å². The zero-order chi connectivity index (χ0) is 10.6. The quantitative estimate of drug-likeness (QED) is 0.424. The van der Waals surface area contributed by atoms with Crippen molar-refractivity contribution in [3.05, 3.63) is 5.21 Å². The maximum atomic E-state index is 11.9. The molecule has 0 bridgehead atoms. The number of carbonyl (C=O) groups is 1. The molecule has 1 amide bonds. The van der Waals surface area contributed by atoms with Crippen LogP contribution in [0, 0.1) is 5.21 Å². The summed E-state index contributed by atoms with van der Waals surface area (Å²) in [7, 11) is 0. The molecule has 0 aromatic carbocycles.